The van der Waals surface area contributed by atoms with Crippen LogP contribution in [0.15, 0.2) is 11.1 Å². The van der Waals surface area contributed by atoms with E-state index in [1.807, 2.05) is 0 Å². The second kappa shape index (κ2) is 5.32. The van der Waals surface area contributed by atoms with Crippen molar-refractivity contribution in [3.05, 3.63) is 26.9 Å². The number of halogens is 2. The molecule has 1 N–H and O–H groups in total. The number of nitrogens with zero attached hydrogens (tertiary/aromatic N) is 2. The molecular formula is C9H11Cl2N3O2. The van der Waals surface area contributed by atoms with Crippen LogP contribution < -0.4 is 10.9 Å². The molecule has 0 aromatic carbocycles. The zero-order chi connectivity index (χ0) is 12.3. The molecule has 1 rings (SSSR count). The molecule has 0 aliphatic heterocycles. The number of rotatable bonds is 3. The minimum Gasteiger partial charge on any atom is -0.355 e. The largest absolute Gasteiger partial charge is 0.355 e. The second-order valence-electron chi connectivity index (χ2n) is 3.13. The highest BCUT2D eigenvalue weighted by molar-refractivity contribution is 6.40. The normalized spacial score (nSPS) is 12.2. The average molecular weight is 264 g/mol. The average Bonchev–Trinajstić information content (AvgIpc) is 2.26. The van der Waals surface area contributed by atoms with Gasteiger partial charge in [-0.3, -0.25) is 14.2 Å². The van der Waals surface area contributed by atoms with Crippen LogP contribution in [-0.4, -0.2) is 22.0 Å². The van der Waals surface area contributed by atoms with E-state index in [9.17, 15) is 9.59 Å². The first-order chi connectivity index (χ1) is 7.49. The summed E-state index contributed by atoms with van der Waals surface area (Å²) < 4.78 is 1.14. The van der Waals surface area contributed by atoms with Crippen LogP contribution in [0.25, 0.3) is 0 Å². The molecule has 1 atom stereocenters. The Morgan fingerprint density at radius 1 is 1.62 bits per heavy atom. The number of nitrogens with one attached hydrogen (secondary N) is 1. The van der Waals surface area contributed by atoms with Gasteiger partial charge in [0, 0.05) is 6.54 Å². The lowest BCUT2D eigenvalue weighted by molar-refractivity contribution is -0.123. The van der Waals surface area contributed by atoms with E-state index >= 15 is 0 Å². The Bertz CT molecular complexity index is 459. The van der Waals surface area contributed by atoms with Gasteiger partial charge in [-0.15, -0.1) is 0 Å². The fraction of sp³-hybridized carbons (Fsp3) is 0.444. The Balaban J connectivity index is 3.10. The highest BCUT2D eigenvalue weighted by atomic mass is 35.5. The third-order valence-corrected chi connectivity index (χ3v) is 2.77. The van der Waals surface area contributed by atoms with Gasteiger partial charge in [0.1, 0.15) is 17.4 Å². The van der Waals surface area contributed by atoms with Crippen LogP contribution in [0.4, 0.5) is 0 Å². The SMILES string of the molecule is CCNC(=O)C(C)n1cnc(Cl)c(Cl)c1=O. The molecule has 0 aliphatic rings. The van der Waals surface area contributed by atoms with E-state index in [-0.39, 0.29) is 16.1 Å². The standard InChI is InChI=1S/C9H11Cl2N3O2/c1-3-12-8(15)5(2)14-4-13-7(11)6(10)9(14)16/h4-5H,3H2,1-2H3,(H,12,15). The topological polar surface area (TPSA) is 64.0 Å². The molecule has 1 aromatic rings. The predicted molar refractivity (Wildman–Crippen MR) is 61.9 cm³/mol. The van der Waals surface area contributed by atoms with Crippen molar-refractivity contribution in [2.45, 2.75) is 19.9 Å². The number of carbonyl (C=O) groups is 1. The van der Waals surface area contributed by atoms with Gasteiger partial charge in [-0.2, -0.15) is 0 Å². The van der Waals surface area contributed by atoms with Crippen molar-refractivity contribution in [3.8, 4) is 0 Å². The fourth-order valence-corrected chi connectivity index (χ4v) is 1.42. The van der Waals surface area contributed by atoms with Crippen molar-refractivity contribution in [2.75, 3.05) is 6.54 Å². The summed E-state index contributed by atoms with van der Waals surface area (Å²) in [6, 6.07) is -0.672. The molecule has 0 saturated heterocycles. The van der Waals surface area contributed by atoms with Crippen molar-refractivity contribution in [2.24, 2.45) is 0 Å². The van der Waals surface area contributed by atoms with E-state index in [1.54, 1.807) is 13.8 Å². The first-order valence-corrected chi connectivity index (χ1v) is 5.44. The molecule has 1 heterocycles. The van der Waals surface area contributed by atoms with Gasteiger partial charge in [0.15, 0.2) is 5.15 Å². The Hall–Kier alpha value is -1.07. The van der Waals surface area contributed by atoms with Crippen molar-refractivity contribution in [1.82, 2.24) is 14.9 Å². The van der Waals surface area contributed by atoms with Crippen molar-refractivity contribution < 1.29 is 4.79 Å². The number of likely N-dealkylation sites (N-methyl/N-ethyl adjacent to an activating group) is 1. The molecule has 1 amide bonds. The lowest BCUT2D eigenvalue weighted by atomic mass is 10.3. The summed E-state index contributed by atoms with van der Waals surface area (Å²) in [6.07, 6.45) is 1.20. The summed E-state index contributed by atoms with van der Waals surface area (Å²) in [5.41, 5.74) is -0.527. The Labute approximate surface area is 102 Å². The molecule has 7 heteroatoms. The first kappa shape index (κ1) is 13.0. The Morgan fingerprint density at radius 3 is 2.81 bits per heavy atom. The number of hydrogen-bond donors (Lipinski definition) is 1. The molecule has 1 unspecified atom stereocenters. The zero-order valence-electron chi connectivity index (χ0n) is 8.83. The molecule has 0 fully saturated rings. The number of aromatic nitrogens is 2. The van der Waals surface area contributed by atoms with Gasteiger partial charge in [-0.25, -0.2) is 4.98 Å². The maximum Gasteiger partial charge on any atom is 0.274 e. The van der Waals surface area contributed by atoms with Gasteiger partial charge < -0.3 is 5.32 Å². The summed E-state index contributed by atoms with van der Waals surface area (Å²) in [4.78, 5) is 26.9. The van der Waals surface area contributed by atoms with E-state index in [2.05, 4.69) is 10.3 Å². The van der Waals surface area contributed by atoms with Gasteiger partial charge >= 0.3 is 0 Å². The van der Waals surface area contributed by atoms with Crippen LogP contribution in [0.2, 0.25) is 10.2 Å². The molecule has 0 radical (unpaired) electrons. The first-order valence-electron chi connectivity index (χ1n) is 4.68. The molecule has 0 spiro atoms. The Kier molecular flexibility index (Phi) is 4.32. The summed E-state index contributed by atoms with van der Waals surface area (Å²) >= 11 is 11.2. The molecule has 0 aliphatic carbocycles. The summed E-state index contributed by atoms with van der Waals surface area (Å²) in [6.45, 7) is 3.87. The Morgan fingerprint density at radius 2 is 2.25 bits per heavy atom. The highest BCUT2D eigenvalue weighted by Gasteiger charge is 2.17. The van der Waals surface area contributed by atoms with Crippen molar-refractivity contribution >= 4 is 29.1 Å². The van der Waals surface area contributed by atoms with Crippen LogP contribution in [0.3, 0.4) is 0 Å². The quantitative estimate of drug-likeness (QED) is 0.835. The number of hydrogen-bond acceptors (Lipinski definition) is 3. The van der Waals surface area contributed by atoms with Crippen LogP contribution in [0.1, 0.15) is 19.9 Å². The van der Waals surface area contributed by atoms with Gasteiger partial charge in [-0.05, 0) is 13.8 Å². The van der Waals surface area contributed by atoms with Gasteiger partial charge in [-0.1, -0.05) is 23.2 Å². The van der Waals surface area contributed by atoms with E-state index in [0.717, 1.165) is 4.57 Å². The monoisotopic (exact) mass is 263 g/mol. The minimum atomic E-state index is -0.672. The molecule has 0 bridgehead atoms. The lowest BCUT2D eigenvalue weighted by Crippen LogP contribution is -2.35. The second-order valence-corrected chi connectivity index (χ2v) is 3.87. The summed E-state index contributed by atoms with van der Waals surface area (Å²) in [7, 11) is 0. The number of carbonyl (C=O) groups excluding carboxylic acids is 1. The lowest BCUT2D eigenvalue weighted by Gasteiger charge is -2.14. The predicted octanol–water partition coefficient (Wildman–Crippen LogP) is 1.25. The smallest absolute Gasteiger partial charge is 0.274 e. The van der Waals surface area contributed by atoms with E-state index in [1.165, 1.54) is 6.33 Å². The minimum absolute atomic E-state index is 0.0639. The summed E-state index contributed by atoms with van der Waals surface area (Å²) in [5.74, 6) is -0.273. The third-order valence-electron chi connectivity index (χ3n) is 2.05. The summed E-state index contributed by atoms with van der Waals surface area (Å²) in [5, 5.41) is 2.36. The van der Waals surface area contributed by atoms with Crippen LogP contribution >= 0.6 is 23.2 Å². The van der Waals surface area contributed by atoms with E-state index in [4.69, 9.17) is 23.2 Å². The molecule has 88 valence electrons. The molecule has 1 aromatic heterocycles. The maximum absolute atomic E-state index is 11.7. The highest BCUT2D eigenvalue weighted by Crippen LogP contribution is 2.14. The van der Waals surface area contributed by atoms with Gasteiger partial charge in [0.2, 0.25) is 5.91 Å². The van der Waals surface area contributed by atoms with Gasteiger partial charge in [0.25, 0.3) is 5.56 Å². The molecule has 0 saturated carbocycles. The van der Waals surface area contributed by atoms with E-state index < -0.39 is 11.6 Å². The van der Waals surface area contributed by atoms with Gasteiger partial charge in [0.05, 0.1) is 0 Å². The maximum atomic E-state index is 11.7. The third kappa shape index (κ3) is 2.54. The van der Waals surface area contributed by atoms with Crippen molar-refractivity contribution in [1.29, 1.82) is 0 Å². The molecular weight excluding hydrogens is 253 g/mol. The zero-order valence-corrected chi connectivity index (χ0v) is 10.3. The van der Waals surface area contributed by atoms with Crippen LogP contribution in [0, 0.1) is 0 Å². The van der Waals surface area contributed by atoms with Crippen molar-refractivity contribution in [3.63, 3.8) is 0 Å². The number of amides is 1. The van der Waals surface area contributed by atoms with Crippen LogP contribution in [-0.2, 0) is 4.79 Å². The van der Waals surface area contributed by atoms with E-state index in [0.29, 0.717) is 6.54 Å². The van der Waals surface area contributed by atoms with Crippen LogP contribution in [0.5, 0.6) is 0 Å². The fourth-order valence-electron chi connectivity index (χ4n) is 1.15. The molecule has 5 nitrogen and oxygen atoms in total. The molecule has 16 heavy (non-hydrogen) atoms.